The quantitative estimate of drug-likeness (QED) is 0.0150. The first-order chi connectivity index (χ1) is 45.8. The van der Waals surface area contributed by atoms with E-state index in [0.717, 1.165) is 87.7 Å². The van der Waals surface area contributed by atoms with Crippen LogP contribution in [0.5, 0.6) is 0 Å². The van der Waals surface area contributed by atoms with Gasteiger partial charge in [-0.25, -0.2) is 49.8 Å². The minimum Gasteiger partial charge on any atom is -0.662 e. The average Bonchev–Trinajstić information content (AvgIpc) is 0.785. The van der Waals surface area contributed by atoms with Gasteiger partial charge in [0.25, 0.3) is 6.47 Å². The number of rotatable bonds is 8. The van der Waals surface area contributed by atoms with E-state index in [1.54, 1.807) is 48.5 Å². The summed E-state index contributed by atoms with van der Waals surface area (Å²) in [6.07, 6.45) is 0. The van der Waals surface area contributed by atoms with Crippen LogP contribution in [0.4, 0.5) is 29.0 Å². The normalized spacial score (nSPS) is 9.14. The maximum Gasteiger partial charge on any atom is 1.00 e. The van der Waals surface area contributed by atoms with Crippen molar-refractivity contribution in [3.05, 3.63) is 193 Å². The number of Topliss-reactive ketones (excluding diaryl/α,β-unsaturated/α-hetero) is 2. The molecule has 0 aliphatic rings. The summed E-state index contributed by atoms with van der Waals surface area (Å²) in [5.74, 6) is -0.253. The Bertz CT molecular complexity index is 3890. The zero-order valence-electron chi connectivity index (χ0n) is 52.8. The second kappa shape index (κ2) is 51.2. The second-order valence-electron chi connectivity index (χ2n) is 16.4. The number of ketones is 2. The van der Waals surface area contributed by atoms with Gasteiger partial charge in [0.1, 0.15) is 5.69 Å². The van der Waals surface area contributed by atoms with E-state index >= 15 is 0 Å². The summed E-state index contributed by atoms with van der Waals surface area (Å²) >= 11 is 0. The number of anilines is 5. The van der Waals surface area contributed by atoms with Crippen molar-refractivity contribution in [3.8, 4) is 45.0 Å². The van der Waals surface area contributed by atoms with Crippen LogP contribution in [0.3, 0.4) is 0 Å². The smallest absolute Gasteiger partial charge is 0.662 e. The number of aromatic nitrogens is 10. The molecule has 0 saturated carbocycles. The molecule has 0 unspecified atom stereocenters. The minimum atomic E-state index is -4.67. The number of nitrogen functional groups attached to an aromatic ring is 5. The van der Waals surface area contributed by atoms with E-state index < -0.39 is 22.0 Å². The SMILES string of the molecule is C.CO.CO.CO.CO.CO.CO.O=C(C(=O)c1ccccc1)c1ccccc1.O=CO[O-].O=S(=O)(O)O.[B]c1nc(N)c(N)c(N)n1.[B]c1nc(N)c2nc(-c3ccccc3)c(-c3ccccc3)nc2n1.[B]c1nc(N)c2nc(-c3ccccc3)c(-c3ccccc3)nc2n1.[Na+]. The van der Waals surface area contributed by atoms with Crippen LogP contribution in [0.1, 0.15) is 28.1 Å². The molecular weight excluding hydrogens is 1280 g/mol. The number of hydrogen-bond donors (Lipinski definition) is 13. The van der Waals surface area contributed by atoms with Crippen molar-refractivity contribution in [2.45, 2.75) is 7.43 Å². The van der Waals surface area contributed by atoms with E-state index in [0.29, 0.717) is 33.5 Å². The van der Waals surface area contributed by atoms with E-state index in [2.05, 4.69) is 44.8 Å². The molecule has 97 heavy (non-hydrogen) atoms. The fourth-order valence-corrected chi connectivity index (χ4v) is 7.13. The molecule has 18 N–H and O–H groups in total. The number of aliphatic hydroxyl groups excluding tert-OH is 6. The van der Waals surface area contributed by atoms with Crippen LogP contribution >= 0.6 is 0 Å². The number of aliphatic hydroxyl groups is 6. The standard InChI is InChI=1S/2C18H12BN5.C14H10O2.C4H6BN5.CH2O3.6CH4O.CH4.Na.H2O4S/c2*19-18-23-16(20)15-17(24-18)22-14(12-9-5-2-6-10-12)13(21-15)11-7-3-1-4-8-11;15-13(11-7-3-1-4-8-11)14(16)12-9-5-2-6-10-12;5-4-9-2(7)1(6)3(8)10-4;2-1-4-3;6*1-2;;;1-5(2,3)4/h2*1-10H,(H2,20,22,23,24);1-10H;6H2,(H4,7,8,9,10);1,3H;6*2H,1H3;1H4;;(H2,1,2,3,4)/q;;;;;;;;;;;;+1;/p-1. The Morgan fingerprint density at radius 2 is 0.588 bits per heavy atom. The average molecular weight is 1350 g/mol. The predicted molar refractivity (Wildman–Crippen MR) is 371 cm³/mol. The van der Waals surface area contributed by atoms with Crippen molar-refractivity contribution in [2.75, 3.05) is 71.3 Å². The van der Waals surface area contributed by atoms with Crippen LogP contribution in [0.25, 0.3) is 67.4 Å². The van der Waals surface area contributed by atoms with Crippen molar-refractivity contribution in [3.63, 3.8) is 0 Å². The van der Waals surface area contributed by atoms with E-state index in [4.69, 9.17) is 120 Å². The van der Waals surface area contributed by atoms with Gasteiger partial charge in [-0.05, 0) is 0 Å². The Morgan fingerprint density at radius 1 is 0.392 bits per heavy atom. The Balaban J connectivity index is -0.00000113. The van der Waals surface area contributed by atoms with Gasteiger partial charge in [-0.1, -0.05) is 189 Å². The number of hydrogen-bond acceptors (Lipinski definition) is 28. The molecule has 6 radical (unpaired) electrons. The summed E-state index contributed by atoms with van der Waals surface area (Å²) in [5, 5.41) is 50.4. The molecule has 11 aromatic rings. The van der Waals surface area contributed by atoms with Crippen molar-refractivity contribution >= 4 is 120 Å². The van der Waals surface area contributed by atoms with Gasteiger partial charge in [-0.2, -0.15) is 8.42 Å². The second-order valence-corrected chi connectivity index (χ2v) is 17.3. The Labute approximate surface area is 585 Å². The number of fused-ring (bicyclic) bond motifs is 2. The number of nitrogens with zero attached hydrogens (tertiary/aromatic N) is 10. The van der Waals surface area contributed by atoms with Crippen molar-refractivity contribution < 1.29 is 102 Å². The predicted octanol–water partition coefficient (Wildman–Crippen LogP) is -1.90. The fraction of sp³-hybridized carbons (Fsp3) is 0.113. The van der Waals surface area contributed by atoms with Crippen LogP contribution in [-0.4, -0.2) is 182 Å². The maximum absolute atomic E-state index is 11.8. The molecule has 0 aliphatic carbocycles. The summed E-state index contributed by atoms with van der Waals surface area (Å²) in [6.45, 7) is -0.181. The first kappa shape index (κ1) is 91.0. The molecule has 11 rings (SSSR count). The largest absolute Gasteiger partial charge is 1.00 e. The van der Waals surface area contributed by atoms with Gasteiger partial charge >= 0.3 is 40.0 Å². The van der Waals surface area contributed by atoms with E-state index in [1.165, 1.54) is 0 Å². The summed E-state index contributed by atoms with van der Waals surface area (Å²) in [6, 6.07) is 56.5. The topological polar surface area (TPSA) is 538 Å². The van der Waals surface area contributed by atoms with Crippen LogP contribution in [0.2, 0.25) is 0 Å². The van der Waals surface area contributed by atoms with Gasteiger partial charge in [-0.15, -0.1) is 0 Å². The third kappa shape index (κ3) is 31.3. The van der Waals surface area contributed by atoms with Gasteiger partial charge in [0.05, 0.1) is 39.9 Å². The summed E-state index contributed by atoms with van der Waals surface area (Å²) in [7, 11) is 17.9. The molecule has 0 bridgehead atoms. The zero-order chi connectivity index (χ0) is 72.1. The third-order valence-electron chi connectivity index (χ3n) is 10.7. The van der Waals surface area contributed by atoms with E-state index in [9.17, 15) is 9.59 Å². The fourth-order valence-electron chi connectivity index (χ4n) is 7.13. The third-order valence-corrected chi connectivity index (χ3v) is 10.7. The van der Waals surface area contributed by atoms with Gasteiger partial charge in [0, 0.05) is 76.0 Å². The molecule has 6 aromatic carbocycles. The van der Waals surface area contributed by atoms with Crippen molar-refractivity contribution in [1.29, 1.82) is 0 Å². The summed E-state index contributed by atoms with van der Waals surface area (Å²) < 4.78 is 31.6. The van der Waals surface area contributed by atoms with E-state index in [-0.39, 0.29) is 89.6 Å². The van der Waals surface area contributed by atoms with Gasteiger partial charge in [-0.3, -0.25) is 23.5 Å². The first-order valence-electron chi connectivity index (χ1n) is 26.4. The van der Waals surface area contributed by atoms with Crippen LogP contribution in [0.15, 0.2) is 182 Å². The maximum atomic E-state index is 11.8. The minimum absolute atomic E-state index is 0. The van der Waals surface area contributed by atoms with Crippen LogP contribution < -0.4 is 80.7 Å². The molecule has 500 valence electrons. The first-order valence-corrected chi connectivity index (χ1v) is 27.8. The van der Waals surface area contributed by atoms with Gasteiger partial charge in [0.2, 0.25) is 11.6 Å². The molecule has 0 aliphatic heterocycles. The molecule has 5 aromatic heterocycles. The molecular formula is C62H71B3N15NaO15S. The van der Waals surface area contributed by atoms with Crippen LogP contribution in [0, 0.1) is 0 Å². The van der Waals surface area contributed by atoms with Crippen molar-refractivity contribution in [1.82, 2.24) is 49.8 Å². The Kier molecular flexibility index (Phi) is 48.1. The van der Waals surface area contributed by atoms with E-state index in [1.807, 2.05) is 133 Å². The number of benzene rings is 6. The Morgan fingerprint density at radius 3 is 0.814 bits per heavy atom. The monoisotopic (exact) mass is 1350 g/mol. The number of carbonyl (C=O) groups excluding carboxylic acids is 3. The molecule has 5 heterocycles. The number of carbonyl (C=O) groups is 3. The van der Waals surface area contributed by atoms with Gasteiger partial charge < -0.3 is 69.5 Å². The Hall–Kier alpha value is -10.2. The summed E-state index contributed by atoms with van der Waals surface area (Å²) in [4.78, 5) is 77.0. The number of nitrogens with two attached hydrogens (primary N) is 5. The molecule has 0 saturated heterocycles. The molecule has 30 nitrogen and oxygen atoms in total. The molecule has 0 spiro atoms. The van der Waals surface area contributed by atoms with Crippen molar-refractivity contribution in [2.24, 2.45) is 0 Å². The zero-order valence-corrected chi connectivity index (χ0v) is 55.6. The van der Waals surface area contributed by atoms with Crippen LogP contribution in [-0.2, 0) is 20.1 Å². The van der Waals surface area contributed by atoms with Gasteiger partial charge in [0.15, 0.2) is 69.1 Å². The molecule has 35 heteroatoms. The molecule has 0 fully saturated rings. The molecule has 0 amide bonds. The summed E-state index contributed by atoms with van der Waals surface area (Å²) in [5.41, 5.74) is 37.4. The molecule has 0 atom stereocenters.